The van der Waals surface area contributed by atoms with Crippen LogP contribution in [0.15, 0.2) is 0 Å². The van der Waals surface area contributed by atoms with Crippen molar-refractivity contribution < 1.29 is 123 Å². The highest BCUT2D eigenvalue weighted by Gasteiger charge is 2.65. The molecule has 0 spiro atoms. The van der Waals surface area contributed by atoms with E-state index in [4.69, 9.17) is 8.85 Å². The Morgan fingerprint density at radius 2 is 0.533 bits per heavy atom. The molecule has 0 aliphatic heterocycles. The third kappa shape index (κ3) is 21.6. The van der Waals surface area contributed by atoms with Gasteiger partial charge in [0.25, 0.3) is 47.4 Å². The maximum Gasteiger partial charge on any atom is 0.453 e. The lowest BCUT2D eigenvalue weighted by Crippen LogP contribution is -2.45. The average molecular weight is 967 g/mol. The number of unbranched alkanes of at least 4 members (excludes halogenated alkanes) is 1. The molecular formula is C31H40F26O2Si. The van der Waals surface area contributed by atoms with E-state index in [-0.39, 0.29) is 13.2 Å². The topological polar surface area (TPSA) is 18.5 Å². The molecule has 2 nitrogen and oxygen atoms in total. The minimum Gasteiger partial charge on any atom is -0.394 e. The Hall–Kier alpha value is -1.68. The van der Waals surface area contributed by atoms with Crippen LogP contribution in [0.4, 0.5) is 114 Å². The number of hydrogen-bond donors (Lipinski definition) is 0. The van der Waals surface area contributed by atoms with E-state index in [1.54, 1.807) is 0 Å². The van der Waals surface area contributed by atoms with Crippen LogP contribution in [0.5, 0.6) is 0 Å². The van der Waals surface area contributed by atoms with Crippen molar-refractivity contribution in [3.05, 3.63) is 0 Å². The summed E-state index contributed by atoms with van der Waals surface area (Å²) in [5.41, 5.74) is 0. The number of halogens is 26. The Morgan fingerprint density at radius 1 is 0.300 bits per heavy atom. The van der Waals surface area contributed by atoms with Gasteiger partial charge in [0.05, 0.1) is 51.4 Å². The summed E-state index contributed by atoms with van der Waals surface area (Å²) in [6.07, 6.45) is -44.0. The van der Waals surface area contributed by atoms with Gasteiger partial charge in [0.2, 0.25) is 0 Å². The van der Waals surface area contributed by atoms with Gasteiger partial charge >= 0.3 is 32.8 Å². The van der Waals surface area contributed by atoms with Gasteiger partial charge in [-0.15, -0.1) is 0 Å². The highest BCUT2D eigenvalue weighted by Crippen LogP contribution is 2.51. The first-order valence-electron chi connectivity index (χ1n) is 17.4. The summed E-state index contributed by atoms with van der Waals surface area (Å²) in [5.74, 6) is -54.1. The predicted octanol–water partition coefficient (Wildman–Crippen LogP) is 15.1. The van der Waals surface area contributed by atoms with E-state index in [0.717, 1.165) is 0 Å². The third-order valence-electron chi connectivity index (χ3n) is 8.16. The van der Waals surface area contributed by atoms with Crippen molar-refractivity contribution in [2.45, 2.75) is 181 Å². The molecule has 0 aromatic heterocycles. The molecule has 0 bridgehead atoms. The van der Waals surface area contributed by atoms with Crippen molar-refractivity contribution in [3.63, 3.8) is 0 Å². The fraction of sp³-hybridized carbons (Fsp3) is 1.00. The second-order valence-electron chi connectivity index (χ2n) is 14.5. The lowest BCUT2D eigenvalue weighted by Gasteiger charge is -2.32. The molecule has 0 fully saturated rings. The largest absolute Gasteiger partial charge is 0.453 e. The van der Waals surface area contributed by atoms with E-state index < -0.39 is 176 Å². The monoisotopic (exact) mass is 966 g/mol. The zero-order valence-corrected chi connectivity index (χ0v) is 32.2. The van der Waals surface area contributed by atoms with Crippen LogP contribution in [0.1, 0.15) is 97.3 Å². The van der Waals surface area contributed by atoms with E-state index >= 15 is 0 Å². The van der Waals surface area contributed by atoms with Crippen molar-refractivity contribution in [3.8, 4) is 0 Å². The molecule has 60 heavy (non-hydrogen) atoms. The third-order valence-corrected chi connectivity index (χ3v) is 12.0. The van der Waals surface area contributed by atoms with E-state index in [1.165, 1.54) is 13.8 Å². The van der Waals surface area contributed by atoms with E-state index in [2.05, 4.69) is 0 Å². The SMILES string of the molecule is CCO[Si](CCCCC(F)(F)CC(F)(F)CC(F)(F)CC(F)(F)CC(F)(F)C(F)(F)F)(CCCC(F)(F)CC(F)(F)CC(F)(F)CC(F)(F)CC(F)(F)C(F)(F)F)OCC. The molecule has 362 valence electrons. The summed E-state index contributed by atoms with van der Waals surface area (Å²) in [7, 11) is -3.83. The van der Waals surface area contributed by atoms with Gasteiger partial charge in [0.1, 0.15) is 0 Å². The van der Waals surface area contributed by atoms with Gasteiger partial charge in [-0.3, -0.25) is 0 Å². The smallest absolute Gasteiger partial charge is 0.394 e. The van der Waals surface area contributed by atoms with Crippen molar-refractivity contribution in [1.29, 1.82) is 0 Å². The first-order valence-corrected chi connectivity index (χ1v) is 19.6. The van der Waals surface area contributed by atoms with Crippen LogP contribution in [0.2, 0.25) is 12.1 Å². The minimum absolute atomic E-state index is 0.265. The molecule has 0 rings (SSSR count). The Labute approximate surface area is 326 Å². The highest BCUT2D eigenvalue weighted by atomic mass is 28.4. The Morgan fingerprint density at radius 3 is 0.800 bits per heavy atom. The molecule has 0 amide bonds. The molecule has 0 unspecified atom stereocenters. The molecule has 0 radical (unpaired) electrons. The fourth-order valence-electron chi connectivity index (χ4n) is 6.05. The summed E-state index contributed by atoms with van der Waals surface area (Å²) in [4.78, 5) is 0. The van der Waals surface area contributed by atoms with E-state index in [1.807, 2.05) is 0 Å². The van der Waals surface area contributed by atoms with E-state index in [0.29, 0.717) is 0 Å². The molecule has 0 aromatic rings. The van der Waals surface area contributed by atoms with Crippen molar-refractivity contribution in [1.82, 2.24) is 0 Å². The molecule has 0 aliphatic carbocycles. The lowest BCUT2D eigenvalue weighted by molar-refractivity contribution is -0.304. The highest BCUT2D eigenvalue weighted by molar-refractivity contribution is 6.67. The number of alkyl halides is 26. The zero-order valence-electron chi connectivity index (χ0n) is 31.2. The Balaban J connectivity index is 5.49. The first kappa shape index (κ1) is 58.3. The van der Waals surface area contributed by atoms with Gasteiger partial charge in [-0.1, -0.05) is 6.42 Å². The first-order chi connectivity index (χ1) is 26.2. The predicted molar refractivity (Wildman–Crippen MR) is 160 cm³/mol. The van der Waals surface area contributed by atoms with Gasteiger partial charge < -0.3 is 8.85 Å². The van der Waals surface area contributed by atoms with Crippen LogP contribution < -0.4 is 0 Å². The van der Waals surface area contributed by atoms with Crippen LogP contribution >= 0.6 is 0 Å². The van der Waals surface area contributed by atoms with Crippen molar-refractivity contribution in [2.75, 3.05) is 13.2 Å². The van der Waals surface area contributed by atoms with Gasteiger partial charge in [-0.25, -0.2) is 70.2 Å². The fourth-order valence-corrected chi connectivity index (χ4v) is 9.51. The summed E-state index contributed by atoms with van der Waals surface area (Å²) in [6, 6.07) is -0.999. The minimum atomic E-state index is -6.63. The second-order valence-corrected chi connectivity index (χ2v) is 17.9. The Bertz CT molecular complexity index is 1290. The van der Waals surface area contributed by atoms with E-state index in [9.17, 15) is 114 Å². The van der Waals surface area contributed by atoms with Crippen LogP contribution in [0, 0.1) is 0 Å². The van der Waals surface area contributed by atoms with Crippen LogP contribution in [-0.2, 0) is 8.85 Å². The second kappa shape index (κ2) is 20.0. The maximum atomic E-state index is 14.5. The van der Waals surface area contributed by atoms with Gasteiger partial charge in [-0.05, 0) is 38.8 Å². The summed E-state index contributed by atoms with van der Waals surface area (Å²) in [5, 5.41) is 0. The molecule has 0 heterocycles. The molecule has 0 N–H and O–H groups in total. The molecule has 0 saturated carbocycles. The summed E-state index contributed by atoms with van der Waals surface area (Å²) < 4.78 is 361. The molecular weight excluding hydrogens is 926 g/mol. The number of rotatable bonds is 29. The quantitative estimate of drug-likeness (QED) is 0.0422. The molecule has 0 aromatic carbocycles. The normalized spacial score (nSPS) is 15.6. The number of hydrogen-bond acceptors (Lipinski definition) is 2. The van der Waals surface area contributed by atoms with Crippen LogP contribution in [0.25, 0.3) is 0 Å². The average Bonchev–Trinajstić information content (AvgIpc) is 2.89. The molecule has 0 saturated heterocycles. The van der Waals surface area contributed by atoms with Gasteiger partial charge in [0, 0.05) is 26.1 Å². The van der Waals surface area contributed by atoms with Crippen LogP contribution in [-0.4, -0.2) is 93.4 Å². The Kier molecular flexibility index (Phi) is 19.4. The summed E-state index contributed by atoms with van der Waals surface area (Å²) in [6.45, 7) is 2.10. The van der Waals surface area contributed by atoms with Crippen LogP contribution in [0.3, 0.4) is 0 Å². The van der Waals surface area contributed by atoms with Crippen molar-refractivity contribution >= 4 is 8.56 Å². The molecule has 0 aliphatic rings. The maximum absolute atomic E-state index is 14.5. The molecule has 29 heteroatoms. The standard InChI is InChI=1S/C31H40F26O2Si/c1-3-58-60(59-4-2,11-7-9-21(34,35)13-23(38,39)15-25(42,43)17-27(46,47)19-29(50,51)31(55,56)57)10-6-5-8-20(32,33)12-22(36,37)14-24(40,41)16-26(44,45)18-28(48,49)30(52,53)54/h3-19H2,1-2H3. The van der Waals surface area contributed by atoms with Gasteiger partial charge in [-0.2, -0.15) is 43.9 Å². The molecule has 0 atom stereocenters. The summed E-state index contributed by atoms with van der Waals surface area (Å²) >= 11 is 0. The van der Waals surface area contributed by atoms with Crippen molar-refractivity contribution in [2.24, 2.45) is 0 Å². The zero-order chi connectivity index (χ0) is 47.9. The lowest BCUT2D eigenvalue weighted by atomic mass is 9.95. The van der Waals surface area contributed by atoms with Gasteiger partial charge in [0.15, 0.2) is 0 Å².